The minimum absolute atomic E-state index is 0.0546. The van der Waals surface area contributed by atoms with Crippen LogP contribution in [0.25, 0.3) is 0 Å². The maximum absolute atomic E-state index is 13.0. The third-order valence-corrected chi connectivity index (χ3v) is 7.26. The molecule has 7 nitrogen and oxygen atoms in total. The fraction of sp³-hybridized carbons (Fsp3) is 0.474. The van der Waals surface area contributed by atoms with Gasteiger partial charge in [-0.3, -0.25) is 4.98 Å². The Balaban J connectivity index is 1.50. The van der Waals surface area contributed by atoms with Crippen molar-refractivity contribution < 1.29 is 12.8 Å². The summed E-state index contributed by atoms with van der Waals surface area (Å²) >= 11 is 0. The van der Waals surface area contributed by atoms with Gasteiger partial charge in [-0.15, -0.1) is 0 Å². The average Bonchev–Trinajstić information content (AvgIpc) is 3.36. The molecule has 2 fully saturated rings. The topological polar surface area (TPSA) is 78.4 Å². The van der Waals surface area contributed by atoms with Gasteiger partial charge in [-0.1, -0.05) is 0 Å². The van der Waals surface area contributed by atoms with Gasteiger partial charge in [0.15, 0.2) is 0 Å². The number of halogens is 1. The van der Waals surface area contributed by atoms with Crippen LogP contribution in [0.1, 0.15) is 36.6 Å². The Bertz CT molecular complexity index is 945. The monoisotopic (exact) mass is 405 g/mol. The van der Waals surface area contributed by atoms with Crippen LogP contribution in [0.3, 0.4) is 0 Å². The van der Waals surface area contributed by atoms with Crippen molar-refractivity contribution >= 4 is 21.7 Å². The molecule has 1 N–H and O–H groups in total. The lowest BCUT2D eigenvalue weighted by Gasteiger charge is -2.23. The highest BCUT2D eigenvalue weighted by Gasteiger charge is 2.37. The number of aromatic nitrogens is 2. The van der Waals surface area contributed by atoms with Crippen LogP contribution in [0.4, 0.5) is 15.9 Å². The van der Waals surface area contributed by atoms with Gasteiger partial charge >= 0.3 is 0 Å². The molecule has 2 aromatic rings. The van der Waals surface area contributed by atoms with Gasteiger partial charge in [-0.2, -0.15) is 17.0 Å². The molecule has 0 amide bonds. The molecule has 0 saturated carbocycles. The predicted molar refractivity (Wildman–Crippen MR) is 105 cm³/mol. The summed E-state index contributed by atoms with van der Waals surface area (Å²) in [6.07, 6.45) is 3.78. The van der Waals surface area contributed by atoms with Crippen molar-refractivity contribution in [3.8, 4) is 0 Å². The van der Waals surface area contributed by atoms with E-state index >= 15 is 0 Å². The zero-order valence-corrected chi connectivity index (χ0v) is 16.6. The average molecular weight is 405 g/mol. The highest BCUT2D eigenvalue weighted by molar-refractivity contribution is 7.86. The van der Waals surface area contributed by atoms with Gasteiger partial charge in [-0.25, -0.2) is 9.37 Å². The molecule has 4 rings (SSSR count). The van der Waals surface area contributed by atoms with Gasteiger partial charge in [0.25, 0.3) is 10.2 Å². The van der Waals surface area contributed by atoms with Crippen LogP contribution in [-0.4, -0.2) is 53.2 Å². The summed E-state index contributed by atoms with van der Waals surface area (Å²) in [5.74, 6) is 0.212. The lowest BCUT2D eigenvalue weighted by Crippen LogP contribution is -2.41. The van der Waals surface area contributed by atoms with Crippen molar-refractivity contribution in [1.82, 2.24) is 18.6 Å². The Morgan fingerprint density at radius 1 is 1.14 bits per heavy atom. The lowest BCUT2D eigenvalue weighted by atomic mass is 10.0. The molecule has 2 aliphatic rings. The number of anilines is 2. The molecule has 0 aromatic carbocycles. The summed E-state index contributed by atoms with van der Waals surface area (Å²) in [5.41, 5.74) is 2.51. The Morgan fingerprint density at radius 2 is 1.93 bits per heavy atom. The summed E-state index contributed by atoms with van der Waals surface area (Å²) in [6.45, 7) is 4.10. The van der Waals surface area contributed by atoms with E-state index in [1.807, 2.05) is 19.1 Å². The second kappa shape index (κ2) is 7.73. The van der Waals surface area contributed by atoms with E-state index < -0.39 is 10.2 Å². The van der Waals surface area contributed by atoms with Gasteiger partial charge in [0, 0.05) is 49.2 Å². The van der Waals surface area contributed by atoms with Crippen LogP contribution in [-0.2, 0) is 10.2 Å². The van der Waals surface area contributed by atoms with E-state index in [0.29, 0.717) is 32.0 Å². The first-order chi connectivity index (χ1) is 13.4. The molecule has 28 heavy (non-hydrogen) atoms. The number of aryl methyl sites for hydroxylation is 1. The third-order valence-electron chi connectivity index (χ3n) is 5.26. The second-order valence-electron chi connectivity index (χ2n) is 7.37. The van der Waals surface area contributed by atoms with Gasteiger partial charge < -0.3 is 5.32 Å². The molecular formula is C19H24FN5O2S. The van der Waals surface area contributed by atoms with E-state index in [1.54, 1.807) is 14.7 Å². The zero-order chi connectivity index (χ0) is 19.7. The summed E-state index contributed by atoms with van der Waals surface area (Å²) in [7, 11) is -3.37. The maximum Gasteiger partial charge on any atom is 0.281 e. The fourth-order valence-corrected chi connectivity index (χ4v) is 5.59. The number of nitrogens with one attached hydrogen (secondary N) is 1. The predicted octanol–water partition coefficient (Wildman–Crippen LogP) is 2.80. The molecule has 4 heterocycles. The molecule has 0 bridgehead atoms. The van der Waals surface area contributed by atoms with E-state index in [9.17, 15) is 12.8 Å². The normalized spacial score (nSPS) is 21.3. The van der Waals surface area contributed by atoms with E-state index in [2.05, 4.69) is 15.3 Å². The molecular weight excluding hydrogens is 381 g/mol. The number of nitrogens with zero attached hydrogens (tertiary/aromatic N) is 4. The van der Waals surface area contributed by atoms with Crippen LogP contribution in [0.15, 0.2) is 30.5 Å². The highest BCUT2D eigenvalue weighted by atomic mass is 32.2. The third kappa shape index (κ3) is 4.01. The first-order valence-corrected chi connectivity index (χ1v) is 10.9. The van der Waals surface area contributed by atoms with Crippen LogP contribution in [0.5, 0.6) is 0 Å². The van der Waals surface area contributed by atoms with Crippen LogP contribution in [0, 0.1) is 12.7 Å². The minimum atomic E-state index is -3.37. The molecule has 9 heteroatoms. The molecule has 2 aromatic heterocycles. The van der Waals surface area contributed by atoms with Crippen molar-refractivity contribution in [2.75, 3.05) is 31.5 Å². The number of hydrogen-bond acceptors (Lipinski definition) is 5. The first-order valence-electron chi connectivity index (χ1n) is 9.54. The van der Waals surface area contributed by atoms with Crippen molar-refractivity contribution in [1.29, 1.82) is 0 Å². The Hall–Kier alpha value is -2.10. The van der Waals surface area contributed by atoms with Crippen molar-refractivity contribution in [2.24, 2.45) is 0 Å². The number of rotatable bonds is 5. The Morgan fingerprint density at radius 3 is 2.64 bits per heavy atom. The summed E-state index contributed by atoms with van der Waals surface area (Å²) in [5, 5.41) is 3.16. The maximum atomic E-state index is 13.0. The van der Waals surface area contributed by atoms with Gasteiger partial charge in [0.05, 0.1) is 6.20 Å². The molecule has 0 radical (unpaired) electrons. The van der Waals surface area contributed by atoms with Gasteiger partial charge in [0.2, 0.25) is 0 Å². The second-order valence-corrected chi connectivity index (χ2v) is 9.29. The van der Waals surface area contributed by atoms with Crippen LogP contribution in [0.2, 0.25) is 0 Å². The Labute approximate surface area is 164 Å². The smallest absolute Gasteiger partial charge is 0.281 e. The Kier molecular flexibility index (Phi) is 5.31. The quantitative estimate of drug-likeness (QED) is 0.828. The van der Waals surface area contributed by atoms with Crippen LogP contribution < -0.4 is 5.32 Å². The molecule has 2 saturated heterocycles. The number of pyridine rings is 2. The zero-order valence-electron chi connectivity index (χ0n) is 15.8. The highest BCUT2D eigenvalue weighted by Crippen LogP contribution is 2.31. The van der Waals surface area contributed by atoms with Gasteiger partial charge in [-0.05, 0) is 50.5 Å². The minimum Gasteiger partial charge on any atom is -0.340 e. The molecule has 2 aliphatic heterocycles. The summed E-state index contributed by atoms with van der Waals surface area (Å²) < 4.78 is 41.8. The molecule has 150 valence electrons. The molecule has 0 spiro atoms. The van der Waals surface area contributed by atoms with E-state index in [1.165, 1.54) is 6.07 Å². The van der Waals surface area contributed by atoms with Gasteiger partial charge in [0.1, 0.15) is 11.6 Å². The van der Waals surface area contributed by atoms with Crippen LogP contribution >= 0.6 is 0 Å². The first kappa shape index (κ1) is 19.2. The molecule has 1 atom stereocenters. The number of hydrogen-bond donors (Lipinski definition) is 1. The SMILES string of the molecule is Cc1cc(Nc2ccc(F)cn2)cc([C@@H]2CCN(S(=O)(=O)N3CCCC3)C2)n1. The molecule has 0 aliphatic carbocycles. The van der Waals surface area contributed by atoms with E-state index in [0.717, 1.165) is 42.5 Å². The van der Waals surface area contributed by atoms with E-state index in [-0.39, 0.29) is 11.7 Å². The lowest BCUT2D eigenvalue weighted by molar-refractivity contribution is 0.395. The summed E-state index contributed by atoms with van der Waals surface area (Å²) in [4.78, 5) is 8.65. The standard InChI is InChI=1S/C19H24FN5O2S/c1-14-10-17(23-19-5-4-16(20)12-21-19)11-18(22-14)15-6-9-25(13-15)28(26,27)24-7-2-3-8-24/h4-5,10-12,15H,2-3,6-9,13H2,1H3,(H,21,22,23)/t15-/m1/s1. The largest absolute Gasteiger partial charge is 0.340 e. The van der Waals surface area contributed by atoms with Crippen molar-refractivity contribution in [3.63, 3.8) is 0 Å². The van der Waals surface area contributed by atoms with E-state index in [4.69, 9.17) is 0 Å². The summed E-state index contributed by atoms with van der Waals surface area (Å²) in [6, 6.07) is 6.74. The molecule has 0 unspecified atom stereocenters. The fourth-order valence-electron chi connectivity index (χ4n) is 3.83. The van der Waals surface area contributed by atoms with Crippen molar-refractivity contribution in [2.45, 2.75) is 32.1 Å². The van der Waals surface area contributed by atoms with Crippen molar-refractivity contribution in [3.05, 3.63) is 47.7 Å².